The van der Waals surface area contributed by atoms with Crippen molar-refractivity contribution in [1.29, 1.82) is 0 Å². The number of nitrogens with zero attached hydrogens (tertiary/aromatic N) is 2. The summed E-state index contributed by atoms with van der Waals surface area (Å²) in [4.78, 5) is 34.1. The molecule has 1 aliphatic heterocycles. The molecule has 1 aliphatic rings. The van der Waals surface area contributed by atoms with Crippen molar-refractivity contribution in [1.82, 2.24) is 4.57 Å². The van der Waals surface area contributed by atoms with Crippen molar-refractivity contribution in [3.8, 4) is 5.75 Å². The van der Waals surface area contributed by atoms with Gasteiger partial charge < -0.3 is 9.47 Å². The van der Waals surface area contributed by atoms with Gasteiger partial charge in [-0.2, -0.15) is 0 Å². The first-order valence-corrected chi connectivity index (χ1v) is 15.6. The molecule has 1 atom stereocenters. The molecular formula is C31H27BrN2O4S2. The summed E-state index contributed by atoms with van der Waals surface area (Å²) in [7, 11) is 0. The summed E-state index contributed by atoms with van der Waals surface area (Å²) >= 11 is 6.49. The van der Waals surface area contributed by atoms with Crippen LogP contribution in [0.5, 0.6) is 5.75 Å². The van der Waals surface area contributed by atoms with Crippen LogP contribution < -0.4 is 19.6 Å². The van der Waals surface area contributed by atoms with Crippen LogP contribution in [0, 0.1) is 0 Å². The summed E-state index contributed by atoms with van der Waals surface area (Å²) in [6.45, 7) is 4.47. The fraction of sp³-hybridized carbons (Fsp3) is 0.194. The van der Waals surface area contributed by atoms with Gasteiger partial charge in [-0.1, -0.05) is 59.9 Å². The first kappa shape index (κ1) is 28.1. The Morgan fingerprint density at radius 2 is 1.82 bits per heavy atom. The molecule has 40 heavy (non-hydrogen) atoms. The van der Waals surface area contributed by atoms with Crippen LogP contribution in [0.2, 0.25) is 0 Å². The molecule has 0 unspecified atom stereocenters. The summed E-state index contributed by atoms with van der Waals surface area (Å²) in [6.07, 6.45) is 3.85. The van der Waals surface area contributed by atoms with E-state index < -0.39 is 12.0 Å². The molecule has 9 heteroatoms. The minimum Gasteiger partial charge on any atom is -0.493 e. The number of thioether (sulfide) groups is 1. The van der Waals surface area contributed by atoms with E-state index in [1.54, 1.807) is 23.3 Å². The van der Waals surface area contributed by atoms with Gasteiger partial charge in [0, 0.05) is 10.5 Å². The molecule has 0 amide bonds. The second kappa shape index (κ2) is 12.4. The van der Waals surface area contributed by atoms with E-state index in [1.165, 1.54) is 11.3 Å². The van der Waals surface area contributed by atoms with E-state index in [-0.39, 0.29) is 12.2 Å². The normalized spacial score (nSPS) is 15.0. The number of fused-ring (bicyclic) bond motifs is 1. The average Bonchev–Trinajstić information content (AvgIpc) is 3.28. The van der Waals surface area contributed by atoms with Gasteiger partial charge in [0.15, 0.2) is 4.80 Å². The SMILES string of the molecule is CCOC(=O)C1=C(c2ccccc2)N=c2s/c(=C\c3ccc(OCC)c(Br)c3)c(=O)n2[C@@H]1c1ccc(SC)cc1. The van der Waals surface area contributed by atoms with Crippen LogP contribution >= 0.6 is 39.0 Å². The van der Waals surface area contributed by atoms with Crippen LogP contribution in [-0.2, 0) is 9.53 Å². The molecule has 5 rings (SSSR count). The fourth-order valence-electron chi connectivity index (χ4n) is 4.57. The first-order valence-electron chi connectivity index (χ1n) is 12.8. The highest BCUT2D eigenvalue weighted by atomic mass is 79.9. The number of esters is 1. The molecule has 6 nitrogen and oxygen atoms in total. The number of benzene rings is 3. The maximum Gasteiger partial charge on any atom is 0.338 e. The highest BCUT2D eigenvalue weighted by Crippen LogP contribution is 2.35. The maximum absolute atomic E-state index is 14.0. The summed E-state index contributed by atoms with van der Waals surface area (Å²) < 4.78 is 14.1. The van der Waals surface area contributed by atoms with Crippen LogP contribution in [0.4, 0.5) is 0 Å². The molecule has 0 bridgehead atoms. The summed E-state index contributed by atoms with van der Waals surface area (Å²) in [6, 6.07) is 22.5. The Balaban J connectivity index is 1.77. The van der Waals surface area contributed by atoms with Crippen molar-refractivity contribution in [3.63, 3.8) is 0 Å². The molecule has 204 valence electrons. The quantitative estimate of drug-likeness (QED) is 0.180. The number of halogens is 1. The lowest BCUT2D eigenvalue weighted by molar-refractivity contribution is -0.138. The Labute approximate surface area is 248 Å². The molecule has 1 aromatic heterocycles. The molecule has 2 heterocycles. The zero-order chi connectivity index (χ0) is 28.2. The van der Waals surface area contributed by atoms with Gasteiger partial charge in [-0.05, 0) is 77.5 Å². The first-order chi connectivity index (χ1) is 19.4. The summed E-state index contributed by atoms with van der Waals surface area (Å²) in [5, 5.41) is 0. The molecule has 0 fully saturated rings. The Morgan fingerprint density at radius 1 is 1.07 bits per heavy atom. The van der Waals surface area contributed by atoms with Crippen molar-refractivity contribution < 1.29 is 14.3 Å². The van der Waals surface area contributed by atoms with Crippen molar-refractivity contribution in [2.75, 3.05) is 19.5 Å². The molecule has 4 aromatic rings. The minimum atomic E-state index is -0.698. The molecule has 0 saturated carbocycles. The lowest BCUT2D eigenvalue weighted by Crippen LogP contribution is -2.40. The van der Waals surface area contributed by atoms with Crippen molar-refractivity contribution >= 4 is 56.8 Å². The number of carbonyl (C=O) groups excluding carboxylic acids is 1. The molecule has 0 spiro atoms. The van der Waals surface area contributed by atoms with Gasteiger partial charge in [-0.15, -0.1) is 11.8 Å². The second-order valence-corrected chi connectivity index (χ2v) is 11.6. The number of carbonyl (C=O) groups is 1. The van der Waals surface area contributed by atoms with Gasteiger partial charge in [0.1, 0.15) is 5.75 Å². The van der Waals surface area contributed by atoms with E-state index in [0.717, 1.165) is 31.8 Å². The molecule has 3 aromatic carbocycles. The van der Waals surface area contributed by atoms with E-state index in [4.69, 9.17) is 14.5 Å². The van der Waals surface area contributed by atoms with Gasteiger partial charge in [-0.25, -0.2) is 9.79 Å². The Bertz CT molecular complexity index is 1760. The second-order valence-electron chi connectivity index (χ2n) is 8.83. The third-order valence-electron chi connectivity index (χ3n) is 6.36. The molecule has 0 N–H and O–H groups in total. The third kappa shape index (κ3) is 5.59. The predicted octanol–water partition coefficient (Wildman–Crippen LogP) is 5.82. The van der Waals surface area contributed by atoms with Gasteiger partial charge in [0.25, 0.3) is 5.56 Å². The number of hydrogen-bond donors (Lipinski definition) is 0. The number of hydrogen-bond acceptors (Lipinski definition) is 7. The predicted molar refractivity (Wildman–Crippen MR) is 165 cm³/mol. The maximum atomic E-state index is 14.0. The Hall–Kier alpha value is -3.40. The number of thiazole rings is 1. The van der Waals surface area contributed by atoms with Gasteiger partial charge >= 0.3 is 5.97 Å². The van der Waals surface area contributed by atoms with E-state index in [1.807, 2.05) is 92.1 Å². The van der Waals surface area contributed by atoms with Crippen molar-refractivity contribution in [2.45, 2.75) is 24.8 Å². The molecule has 0 radical (unpaired) electrons. The highest BCUT2D eigenvalue weighted by Gasteiger charge is 2.35. The molecule has 0 saturated heterocycles. The van der Waals surface area contributed by atoms with Crippen LogP contribution in [0.3, 0.4) is 0 Å². The largest absolute Gasteiger partial charge is 0.493 e. The molecule has 0 aliphatic carbocycles. The number of rotatable bonds is 8. The number of ether oxygens (including phenoxy) is 2. The van der Waals surface area contributed by atoms with Crippen molar-refractivity contribution in [2.24, 2.45) is 4.99 Å². The Kier molecular flexibility index (Phi) is 8.73. The minimum absolute atomic E-state index is 0.208. The van der Waals surface area contributed by atoms with E-state index in [9.17, 15) is 9.59 Å². The average molecular weight is 636 g/mol. The lowest BCUT2D eigenvalue weighted by atomic mass is 9.93. The highest BCUT2D eigenvalue weighted by molar-refractivity contribution is 9.10. The number of aromatic nitrogens is 1. The van der Waals surface area contributed by atoms with Crippen LogP contribution in [0.25, 0.3) is 11.8 Å². The monoisotopic (exact) mass is 634 g/mol. The topological polar surface area (TPSA) is 69.9 Å². The van der Waals surface area contributed by atoms with Crippen LogP contribution in [0.1, 0.15) is 36.6 Å². The smallest absolute Gasteiger partial charge is 0.338 e. The third-order valence-corrected chi connectivity index (χ3v) is 8.70. The fourth-order valence-corrected chi connectivity index (χ4v) is 6.49. The van der Waals surface area contributed by atoms with Gasteiger partial charge in [-0.3, -0.25) is 9.36 Å². The summed E-state index contributed by atoms with van der Waals surface area (Å²) in [5.41, 5.74) is 3.06. The zero-order valence-corrected chi connectivity index (χ0v) is 25.4. The standard InChI is InChI=1S/C31H27BrN2O4S2/c1-4-37-24-16-11-19(17-23(24)32)18-25-29(35)34-28(21-12-14-22(39-3)15-13-21)26(30(36)38-5-2)27(33-31(34)40-25)20-9-7-6-8-10-20/h6-18,28H,4-5H2,1-3H3/b25-18-/t28-/m1/s1. The van der Waals surface area contributed by atoms with Crippen LogP contribution in [-0.4, -0.2) is 30.0 Å². The van der Waals surface area contributed by atoms with E-state index in [0.29, 0.717) is 27.2 Å². The zero-order valence-electron chi connectivity index (χ0n) is 22.2. The van der Waals surface area contributed by atoms with Gasteiger partial charge in [0.2, 0.25) is 0 Å². The summed E-state index contributed by atoms with van der Waals surface area (Å²) in [5.74, 6) is 0.246. The van der Waals surface area contributed by atoms with Gasteiger partial charge in [0.05, 0.1) is 39.5 Å². The molecular weight excluding hydrogens is 608 g/mol. The Morgan fingerprint density at radius 3 is 2.48 bits per heavy atom. The van der Waals surface area contributed by atoms with E-state index >= 15 is 0 Å². The van der Waals surface area contributed by atoms with Crippen molar-refractivity contribution in [3.05, 3.63) is 119 Å². The van der Waals surface area contributed by atoms with E-state index in [2.05, 4.69) is 15.9 Å². The van der Waals surface area contributed by atoms with Crippen LogP contribution in [0.15, 0.2) is 97.5 Å². The lowest BCUT2D eigenvalue weighted by Gasteiger charge is -2.26.